The van der Waals surface area contributed by atoms with Gasteiger partial charge in [0, 0.05) is 12.1 Å². The van der Waals surface area contributed by atoms with Gasteiger partial charge in [-0.25, -0.2) is 13.1 Å². The molecule has 146 valence electrons. The van der Waals surface area contributed by atoms with Gasteiger partial charge in [0.05, 0.1) is 17.7 Å². The van der Waals surface area contributed by atoms with Gasteiger partial charge in [-0.15, -0.1) is 0 Å². The second-order valence-electron chi connectivity index (χ2n) is 6.29. The summed E-state index contributed by atoms with van der Waals surface area (Å²) in [5.41, 5.74) is 1.83. The van der Waals surface area contributed by atoms with Crippen LogP contribution in [-0.4, -0.2) is 28.0 Å². The molecule has 0 saturated carbocycles. The minimum Gasteiger partial charge on any atom is -0.495 e. The highest BCUT2D eigenvalue weighted by Crippen LogP contribution is 2.28. The largest absolute Gasteiger partial charge is 0.495 e. The summed E-state index contributed by atoms with van der Waals surface area (Å²) in [5.74, 6) is 0.0548. The lowest BCUT2D eigenvalue weighted by Crippen LogP contribution is -2.25. The molecule has 0 spiro atoms. The Morgan fingerprint density at radius 3 is 2.41 bits per heavy atom. The molecule has 7 heteroatoms. The number of aryl methyl sites for hydroxylation is 1. The molecule has 27 heavy (non-hydrogen) atoms. The number of amides is 1. The fraction of sp³-hybridized carbons (Fsp3) is 0.350. The highest BCUT2D eigenvalue weighted by atomic mass is 32.2. The maximum Gasteiger partial charge on any atom is 0.255 e. The molecule has 2 aromatic rings. The van der Waals surface area contributed by atoms with Crippen molar-refractivity contribution in [3.8, 4) is 5.75 Å². The fourth-order valence-electron chi connectivity index (χ4n) is 2.52. The van der Waals surface area contributed by atoms with Crippen molar-refractivity contribution in [2.75, 3.05) is 19.0 Å². The van der Waals surface area contributed by atoms with Crippen LogP contribution in [0.4, 0.5) is 5.69 Å². The van der Waals surface area contributed by atoms with Crippen LogP contribution >= 0.6 is 0 Å². The third-order valence-electron chi connectivity index (χ3n) is 4.12. The van der Waals surface area contributed by atoms with E-state index in [1.807, 2.05) is 19.1 Å². The zero-order valence-corrected chi connectivity index (χ0v) is 16.7. The number of carbonyl (C=O) groups excluding carboxylic acids is 1. The normalized spacial score (nSPS) is 11.2. The number of sulfonamides is 1. The monoisotopic (exact) mass is 390 g/mol. The lowest BCUT2D eigenvalue weighted by molar-refractivity contribution is 0.102. The van der Waals surface area contributed by atoms with Crippen LogP contribution in [0.1, 0.15) is 42.1 Å². The van der Waals surface area contributed by atoms with Gasteiger partial charge in [-0.05, 0) is 43.7 Å². The molecule has 0 fully saturated rings. The number of hydrogen-bond acceptors (Lipinski definition) is 4. The Hall–Kier alpha value is -2.38. The summed E-state index contributed by atoms with van der Waals surface area (Å²) in [6.45, 7) is 4.38. The molecule has 0 atom stereocenters. The summed E-state index contributed by atoms with van der Waals surface area (Å²) in [6, 6.07) is 11.5. The molecule has 0 aromatic heterocycles. The van der Waals surface area contributed by atoms with Crippen LogP contribution in [-0.2, 0) is 10.0 Å². The van der Waals surface area contributed by atoms with E-state index in [9.17, 15) is 13.2 Å². The Labute approximate surface area is 161 Å². The molecule has 0 radical (unpaired) electrons. The molecule has 0 aliphatic rings. The lowest BCUT2D eigenvalue weighted by Gasteiger charge is -2.13. The van der Waals surface area contributed by atoms with Gasteiger partial charge in [-0.3, -0.25) is 4.79 Å². The van der Waals surface area contributed by atoms with Crippen molar-refractivity contribution in [2.24, 2.45) is 0 Å². The number of hydrogen-bond donors (Lipinski definition) is 2. The summed E-state index contributed by atoms with van der Waals surface area (Å²) in [5, 5.41) is 2.73. The van der Waals surface area contributed by atoms with E-state index in [1.165, 1.54) is 25.3 Å². The molecule has 0 aliphatic carbocycles. The Bertz CT molecular complexity index is 877. The third kappa shape index (κ3) is 5.80. The number of ether oxygens (including phenoxy) is 1. The first-order valence-corrected chi connectivity index (χ1v) is 10.4. The maximum absolute atomic E-state index is 12.5. The maximum atomic E-state index is 12.5. The van der Waals surface area contributed by atoms with Gasteiger partial charge in [-0.2, -0.15) is 0 Å². The number of unbranched alkanes of at least 4 members (excludes halogenated alkanes) is 2. The molecular formula is C20H26N2O4S. The average molecular weight is 391 g/mol. The van der Waals surface area contributed by atoms with Gasteiger partial charge in [0.1, 0.15) is 5.75 Å². The predicted octanol–water partition coefficient (Wildman–Crippen LogP) is 3.72. The molecule has 6 nitrogen and oxygen atoms in total. The van der Waals surface area contributed by atoms with E-state index >= 15 is 0 Å². The molecule has 0 saturated heterocycles. The fourth-order valence-corrected chi connectivity index (χ4v) is 3.62. The van der Waals surface area contributed by atoms with Crippen LogP contribution in [0.25, 0.3) is 0 Å². The molecule has 0 heterocycles. The summed E-state index contributed by atoms with van der Waals surface area (Å²) >= 11 is 0. The molecular weight excluding hydrogens is 364 g/mol. The van der Waals surface area contributed by atoms with Crippen molar-refractivity contribution in [3.05, 3.63) is 53.6 Å². The predicted molar refractivity (Wildman–Crippen MR) is 107 cm³/mol. The van der Waals surface area contributed by atoms with E-state index in [4.69, 9.17) is 4.74 Å². The summed E-state index contributed by atoms with van der Waals surface area (Å²) in [6.07, 6.45) is 2.76. The number of anilines is 1. The Kier molecular flexibility index (Phi) is 7.38. The highest BCUT2D eigenvalue weighted by molar-refractivity contribution is 7.89. The van der Waals surface area contributed by atoms with Crippen molar-refractivity contribution in [3.63, 3.8) is 0 Å². The lowest BCUT2D eigenvalue weighted by atomic mass is 10.1. The van der Waals surface area contributed by atoms with Crippen molar-refractivity contribution in [2.45, 2.75) is 38.0 Å². The summed E-state index contributed by atoms with van der Waals surface area (Å²) < 4.78 is 32.8. The first-order chi connectivity index (χ1) is 12.9. The highest BCUT2D eigenvalue weighted by Gasteiger charge is 2.17. The third-order valence-corrected chi connectivity index (χ3v) is 5.57. The Balaban J connectivity index is 2.21. The number of rotatable bonds is 9. The van der Waals surface area contributed by atoms with E-state index in [0.717, 1.165) is 24.8 Å². The zero-order chi connectivity index (χ0) is 19.9. The minimum absolute atomic E-state index is 0.0824. The molecule has 2 aromatic carbocycles. The SMILES string of the molecule is CCCCCNS(=O)(=O)c1ccc(OC)c(NC(=O)c2ccc(C)cc2)c1. The Morgan fingerprint density at radius 1 is 1.07 bits per heavy atom. The van der Waals surface area contributed by atoms with Crippen LogP contribution in [0.5, 0.6) is 5.75 Å². The second-order valence-corrected chi connectivity index (χ2v) is 8.05. The van der Waals surface area contributed by atoms with Crippen LogP contribution in [0.2, 0.25) is 0 Å². The van der Waals surface area contributed by atoms with E-state index in [-0.39, 0.29) is 10.8 Å². The van der Waals surface area contributed by atoms with Crippen LogP contribution in [0, 0.1) is 6.92 Å². The van der Waals surface area contributed by atoms with Crippen LogP contribution in [0.15, 0.2) is 47.4 Å². The van der Waals surface area contributed by atoms with Gasteiger partial charge >= 0.3 is 0 Å². The molecule has 0 aliphatic heterocycles. The van der Waals surface area contributed by atoms with E-state index in [0.29, 0.717) is 23.5 Å². The van der Waals surface area contributed by atoms with Crippen molar-refractivity contribution >= 4 is 21.6 Å². The first-order valence-electron chi connectivity index (χ1n) is 8.93. The molecule has 0 unspecified atom stereocenters. The first kappa shape index (κ1) is 20.9. The standard InChI is InChI=1S/C20H26N2O4S/c1-4-5-6-13-21-27(24,25)17-11-12-19(26-3)18(14-17)22-20(23)16-9-7-15(2)8-10-16/h7-12,14,21H,4-6,13H2,1-3H3,(H,22,23). The van der Waals surface area contributed by atoms with Crippen molar-refractivity contribution < 1.29 is 17.9 Å². The van der Waals surface area contributed by atoms with Gasteiger partial charge in [0.25, 0.3) is 5.91 Å². The molecule has 0 bridgehead atoms. The van der Waals surface area contributed by atoms with Crippen LogP contribution in [0.3, 0.4) is 0 Å². The number of benzene rings is 2. The van der Waals surface area contributed by atoms with Crippen molar-refractivity contribution in [1.29, 1.82) is 0 Å². The van der Waals surface area contributed by atoms with E-state index in [2.05, 4.69) is 17.0 Å². The number of methoxy groups -OCH3 is 1. The average Bonchev–Trinajstić information content (AvgIpc) is 2.65. The second kappa shape index (κ2) is 9.53. The number of carbonyl (C=O) groups is 1. The topological polar surface area (TPSA) is 84.5 Å². The number of nitrogens with one attached hydrogen (secondary N) is 2. The summed E-state index contributed by atoms with van der Waals surface area (Å²) in [7, 11) is -2.18. The van der Waals surface area contributed by atoms with Gasteiger partial charge < -0.3 is 10.1 Å². The molecule has 2 rings (SSSR count). The van der Waals surface area contributed by atoms with Gasteiger partial charge in [0.15, 0.2) is 0 Å². The smallest absolute Gasteiger partial charge is 0.255 e. The van der Waals surface area contributed by atoms with Crippen molar-refractivity contribution in [1.82, 2.24) is 4.72 Å². The Morgan fingerprint density at radius 2 is 1.78 bits per heavy atom. The van der Waals surface area contributed by atoms with E-state index < -0.39 is 10.0 Å². The minimum atomic E-state index is -3.65. The zero-order valence-electron chi connectivity index (χ0n) is 15.9. The summed E-state index contributed by atoms with van der Waals surface area (Å²) in [4.78, 5) is 12.5. The van der Waals surface area contributed by atoms with E-state index in [1.54, 1.807) is 12.1 Å². The quantitative estimate of drug-likeness (QED) is 0.639. The van der Waals surface area contributed by atoms with Gasteiger partial charge in [-0.1, -0.05) is 37.5 Å². The molecule has 2 N–H and O–H groups in total. The van der Waals surface area contributed by atoms with Gasteiger partial charge in [0.2, 0.25) is 10.0 Å². The van der Waals surface area contributed by atoms with Crippen LogP contribution < -0.4 is 14.8 Å². The molecule has 1 amide bonds.